The van der Waals surface area contributed by atoms with Gasteiger partial charge in [-0.15, -0.1) is 0 Å². The van der Waals surface area contributed by atoms with Gasteiger partial charge in [0, 0.05) is 79.8 Å². The summed E-state index contributed by atoms with van der Waals surface area (Å²) in [6, 6.07) is 8.57. The van der Waals surface area contributed by atoms with Crippen molar-refractivity contribution in [1.29, 1.82) is 5.26 Å². The zero-order chi connectivity index (χ0) is 23.1. The summed E-state index contributed by atoms with van der Waals surface area (Å²) >= 11 is 2.02. The summed E-state index contributed by atoms with van der Waals surface area (Å²) < 4.78 is 6.07. The molecule has 1 aliphatic heterocycles. The Balaban J connectivity index is 1.27. The molecule has 0 unspecified atom stereocenters. The summed E-state index contributed by atoms with van der Waals surface area (Å²) in [7, 11) is 1.90. The molecule has 8 nitrogen and oxygen atoms in total. The van der Waals surface area contributed by atoms with Crippen LogP contribution in [0.2, 0.25) is 0 Å². The van der Waals surface area contributed by atoms with Crippen LogP contribution in [0.25, 0.3) is 27.8 Å². The van der Waals surface area contributed by atoms with Crippen molar-refractivity contribution in [3.8, 4) is 28.3 Å². The van der Waals surface area contributed by atoms with Crippen LogP contribution in [0.4, 0.5) is 5.82 Å². The normalized spacial score (nSPS) is 16.8. The molecule has 9 heteroatoms. The maximum Gasteiger partial charge on any atom is 0.128 e. The van der Waals surface area contributed by atoms with Crippen molar-refractivity contribution in [2.24, 2.45) is 13.0 Å². The van der Waals surface area contributed by atoms with Crippen molar-refractivity contribution in [3.63, 3.8) is 0 Å². The van der Waals surface area contributed by atoms with E-state index >= 15 is 0 Å². The number of pyridine rings is 2. The van der Waals surface area contributed by atoms with E-state index in [1.54, 1.807) is 15.4 Å². The summed E-state index contributed by atoms with van der Waals surface area (Å²) in [4.78, 5) is 7.17. The molecule has 0 aromatic carbocycles. The number of nitriles is 1. The van der Waals surface area contributed by atoms with Crippen LogP contribution in [0.3, 0.4) is 0 Å². The lowest BCUT2D eigenvalue weighted by Gasteiger charge is -2.34. The number of fused-ring (bicyclic) bond motifs is 1. The molecule has 6 rings (SSSR count). The van der Waals surface area contributed by atoms with Crippen molar-refractivity contribution in [2.45, 2.75) is 12.8 Å². The highest BCUT2D eigenvalue weighted by Gasteiger charge is 2.24. The van der Waals surface area contributed by atoms with E-state index in [-0.39, 0.29) is 0 Å². The number of anilines is 1. The number of hydrogen-bond acceptors (Lipinski definition) is 7. The standard InChI is InChI=1S/C25H26N8S/c1-30-15-22(14-28-30)20-10-23(25-21(11-26)13-29-33(25)16-20)19-4-5-24(27-12-19)31-6-8-32(9-7-31)34-17-18-2-3-18/h4-5,10,12-16,18H,2-3,6-9,17H2,1H3. The molecule has 0 bridgehead atoms. The summed E-state index contributed by atoms with van der Waals surface area (Å²) in [6.45, 7) is 4.11. The van der Waals surface area contributed by atoms with Crippen LogP contribution in [-0.2, 0) is 7.05 Å². The van der Waals surface area contributed by atoms with Crippen LogP contribution in [0.5, 0.6) is 0 Å². The van der Waals surface area contributed by atoms with Crippen LogP contribution in [0.15, 0.2) is 49.2 Å². The minimum Gasteiger partial charge on any atom is -0.354 e. The Labute approximate surface area is 202 Å². The highest BCUT2D eigenvalue weighted by atomic mass is 32.2. The Hall–Kier alpha value is -3.35. The van der Waals surface area contributed by atoms with Gasteiger partial charge in [-0.2, -0.15) is 15.5 Å². The van der Waals surface area contributed by atoms with Gasteiger partial charge in [0.05, 0.1) is 23.5 Å². The van der Waals surface area contributed by atoms with E-state index < -0.39 is 0 Å². The fourth-order valence-corrected chi connectivity index (χ4v) is 5.60. The van der Waals surface area contributed by atoms with Crippen molar-refractivity contribution < 1.29 is 0 Å². The van der Waals surface area contributed by atoms with Gasteiger partial charge in [0.2, 0.25) is 0 Å². The number of aryl methyl sites for hydroxylation is 1. The Morgan fingerprint density at radius 1 is 1.00 bits per heavy atom. The Kier molecular flexibility index (Phi) is 5.47. The van der Waals surface area contributed by atoms with Crippen LogP contribution >= 0.6 is 11.9 Å². The quantitative estimate of drug-likeness (QED) is 0.396. The molecule has 1 saturated carbocycles. The number of hydrogen-bond donors (Lipinski definition) is 0. The second-order valence-electron chi connectivity index (χ2n) is 9.07. The molecule has 0 atom stereocenters. The first-order valence-corrected chi connectivity index (χ1v) is 12.6. The van der Waals surface area contributed by atoms with E-state index in [1.165, 1.54) is 18.6 Å². The fraction of sp³-hybridized carbons (Fsp3) is 0.360. The minimum atomic E-state index is 0.552. The van der Waals surface area contributed by atoms with E-state index in [1.807, 2.05) is 43.8 Å². The maximum absolute atomic E-state index is 9.65. The molecular weight excluding hydrogens is 444 g/mol. The molecule has 1 aliphatic carbocycles. The first-order chi connectivity index (χ1) is 16.7. The molecule has 2 fully saturated rings. The molecule has 172 valence electrons. The number of aromatic nitrogens is 5. The minimum absolute atomic E-state index is 0.552. The molecule has 0 N–H and O–H groups in total. The van der Waals surface area contributed by atoms with Crippen molar-refractivity contribution in [3.05, 3.63) is 54.7 Å². The van der Waals surface area contributed by atoms with E-state index in [0.717, 1.165) is 65.7 Å². The molecule has 5 heterocycles. The molecule has 4 aromatic rings. The first kappa shape index (κ1) is 21.2. The van der Waals surface area contributed by atoms with E-state index in [2.05, 4.69) is 43.7 Å². The number of nitrogens with zero attached hydrogens (tertiary/aromatic N) is 8. The predicted molar refractivity (Wildman–Crippen MR) is 134 cm³/mol. The summed E-state index contributed by atoms with van der Waals surface area (Å²) in [6.07, 6.45) is 12.1. The Morgan fingerprint density at radius 2 is 1.85 bits per heavy atom. The summed E-state index contributed by atoms with van der Waals surface area (Å²) in [5.41, 5.74) is 5.25. The smallest absolute Gasteiger partial charge is 0.128 e. The fourth-order valence-electron chi connectivity index (χ4n) is 4.43. The molecule has 0 radical (unpaired) electrons. The summed E-state index contributed by atoms with van der Waals surface area (Å²) in [5.74, 6) is 3.24. The largest absolute Gasteiger partial charge is 0.354 e. The Morgan fingerprint density at radius 3 is 2.53 bits per heavy atom. The average molecular weight is 471 g/mol. The average Bonchev–Trinajstić information content (AvgIpc) is 3.46. The van der Waals surface area contributed by atoms with Gasteiger partial charge in [-0.3, -0.25) is 4.68 Å². The van der Waals surface area contributed by atoms with Crippen LogP contribution in [-0.4, -0.2) is 60.6 Å². The molecule has 0 amide bonds. The third-order valence-electron chi connectivity index (χ3n) is 6.58. The van der Waals surface area contributed by atoms with Gasteiger partial charge >= 0.3 is 0 Å². The van der Waals surface area contributed by atoms with Gasteiger partial charge in [-0.05, 0) is 37.0 Å². The van der Waals surface area contributed by atoms with E-state index in [4.69, 9.17) is 4.98 Å². The molecule has 4 aromatic heterocycles. The van der Waals surface area contributed by atoms with Crippen LogP contribution in [0, 0.1) is 17.2 Å². The molecule has 34 heavy (non-hydrogen) atoms. The van der Waals surface area contributed by atoms with Crippen molar-refractivity contribution in [1.82, 2.24) is 28.7 Å². The van der Waals surface area contributed by atoms with Crippen LogP contribution in [0.1, 0.15) is 18.4 Å². The lowest BCUT2D eigenvalue weighted by Crippen LogP contribution is -2.44. The van der Waals surface area contributed by atoms with Crippen LogP contribution < -0.4 is 4.90 Å². The third kappa shape index (κ3) is 4.15. The molecule has 1 saturated heterocycles. The highest BCUT2D eigenvalue weighted by Crippen LogP contribution is 2.34. The van der Waals surface area contributed by atoms with Gasteiger partial charge in [0.1, 0.15) is 11.9 Å². The van der Waals surface area contributed by atoms with Gasteiger partial charge in [0.25, 0.3) is 0 Å². The van der Waals surface area contributed by atoms with E-state index in [9.17, 15) is 5.26 Å². The first-order valence-electron chi connectivity index (χ1n) is 11.7. The third-order valence-corrected chi connectivity index (χ3v) is 7.93. The lowest BCUT2D eigenvalue weighted by atomic mass is 10.0. The number of piperazine rings is 1. The SMILES string of the molecule is Cn1cc(-c2cc(-c3ccc(N4CCN(SCC5CC5)CC4)nc3)c3c(C#N)cnn3c2)cn1. The van der Waals surface area contributed by atoms with E-state index in [0.29, 0.717) is 5.56 Å². The second-order valence-corrected chi connectivity index (χ2v) is 10.2. The highest BCUT2D eigenvalue weighted by molar-refractivity contribution is 7.97. The molecule has 0 spiro atoms. The van der Waals surface area contributed by atoms with Gasteiger partial charge < -0.3 is 4.90 Å². The maximum atomic E-state index is 9.65. The lowest BCUT2D eigenvalue weighted by molar-refractivity contribution is 0.427. The van der Waals surface area contributed by atoms with Gasteiger partial charge in [-0.25, -0.2) is 13.8 Å². The van der Waals surface area contributed by atoms with Crippen molar-refractivity contribution in [2.75, 3.05) is 36.8 Å². The van der Waals surface area contributed by atoms with Gasteiger partial charge in [0.15, 0.2) is 0 Å². The summed E-state index contributed by atoms with van der Waals surface area (Å²) in [5, 5.41) is 18.4. The molecular formula is C25H26N8S. The predicted octanol–water partition coefficient (Wildman–Crippen LogP) is 3.85. The monoisotopic (exact) mass is 470 g/mol. The Bertz CT molecular complexity index is 1350. The van der Waals surface area contributed by atoms with Crippen molar-refractivity contribution >= 4 is 23.3 Å². The van der Waals surface area contributed by atoms with Gasteiger partial charge in [-0.1, -0.05) is 11.9 Å². The zero-order valence-corrected chi connectivity index (χ0v) is 19.9. The zero-order valence-electron chi connectivity index (χ0n) is 19.1. The number of rotatable bonds is 6. The topological polar surface area (TPSA) is 78.3 Å². The second kappa shape index (κ2) is 8.78. The molecule has 2 aliphatic rings.